The van der Waals surface area contributed by atoms with Gasteiger partial charge in [-0.15, -0.1) is 0 Å². The van der Waals surface area contributed by atoms with E-state index in [1.807, 2.05) is 6.08 Å². The minimum atomic E-state index is -0.253. The molecule has 5 aliphatic rings. The Morgan fingerprint density at radius 3 is 2.36 bits per heavy atom. The number of hydrogen-bond donors (Lipinski definition) is 1. The van der Waals surface area contributed by atoms with Gasteiger partial charge in [0.25, 0.3) is 0 Å². The van der Waals surface area contributed by atoms with Gasteiger partial charge in [0.1, 0.15) is 0 Å². The van der Waals surface area contributed by atoms with E-state index in [0.717, 1.165) is 12.8 Å². The number of allylic oxidation sites excluding steroid dienone is 3. The van der Waals surface area contributed by atoms with Gasteiger partial charge in [0.2, 0.25) is 0 Å². The Kier molecular flexibility index (Phi) is 5.28. The SMILES string of the molecule is C=C(CC)[C@@H]1CC[C@]2(CO)CC[C@]3(C)[C@H](CC[C@@H]4[C@@]5(C)C=CC(=O)C(C)(C)[C@@H]5CC[C@]43C)[C@@H]12. The zero-order valence-electron chi connectivity index (χ0n) is 22.2. The van der Waals surface area contributed by atoms with Crippen LogP contribution in [0.2, 0.25) is 0 Å². The van der Waals surface area contributed by atoms with E-state index in [0.29, 0.717) is 47.4 Å². The van der Waals surface area contributed by atoms with Gasteiger partial charge in [0.05, 0.1) is 0 Å². The molecule has 0 aliphatic heterocycles. The molecule has 5 aliphatic carbocycles. The van der Waals surface area contributed by atoms with Gasteiger partial charge in [-0.3, -0.25) is 4.79 Å². The second kappa shape index (κ2) is 7.31. The van der Waals surface area contributed by atoms with Crippen LogP contribution in [0.5, 0.6) is 0 Å². The summed E-state index contributed by atoms with van der Waals surface area (Å²) in [5, 5.41) is 10.7. The van der Waals surface area contributed by atoms with E-state index in [9.17, 15) is 9.90 Å². The number of fused-ring (bicyclic) bond motifs is 7. The molecule has 0 amide bonds. The average Bonchev–Trinajstić information content (AvgIpc) is 3.17. The van der Waals surface area contributed by atoms with E-state index < -0.39 is 0 Å². The monoisotopic (exact) mass is 452 g/mol. The third-order valence-corrected chi connectivity index (χ3v) is 13.2. The predicted molar refractivity (Wildman–Crippen MR) is 136 cm³/mol. The molecule has 1 N–H and O–H groups in total. The van der Waals surface area contributed by atoms with Crippen molar-refractivity contribution >= 4 is 5.78 Å². The van der Waals surface area contributed by atoms with Crippen molar-refractivity contribution in [2.45, 2.75) is 99.3 Å². The van der Waals surface area contributed by atoms with Crippen molar-refractivity contribution in [3.63, 3.8) is 0 Å². The zero-order valence-corrected chi connectivity index (χ0v) is 22.2. The Balaban J connectivity index is 1.57. The summed E-state index contributed by atoms with van der Waals surface area (Å²) >= 11 is 0. The van der Waals surface area contributed by atoms with Crippen molar-refractivity contribution < 1.29 is 9.90 Å². The maximum absolute atomic E-state index is 12.8. The van der Waals surface area contributed by atoms with E-state index >= 15 is 0 Å². The first-order valence-electron chi connectivity index (χ1n) is 13.9. The van der Waals surface area contributed by atoms with Crippen LogP contribution in [0.4, 0.5) is 0 Å². The van der Waals surface area contributed by atoms with Gasteiger partial charge in [-0.2, -0.15) is 0 Å². The molecule has 2 heteroatoms. The fourth-order valence-electron chi connectivity index (χ4n) is 11.0. The van der Waals surface area contributed by atoms with E-state index in [2.05, 4.69) is 54.2 Å². The topological polar surface area (TPSA) is 37.3 Å². The second-order valence-corrected chi connectivity index (χ2v) is 14.2. The lowest BCUT2D eigenvalue weighted by Gasteiger charge is -2.71. The smallest absolute Gasteiger partial charge is 0.161 e. The lowest BCUT2D eigenvalue weighted by Crippen LogP contribution is -2.65. The number of carbonyl (C=O) groups excluding carboxylic acids is 1. The van der Waals surface area contributed by atoms with E-state index in [1.165, 1.54) is 50.5 Å². The number of carbonyl (C=O) groups is 1. The van der Waals surface area contributed by atoms with Crippen molar-refractivity contribution in [1.82, 2.24) is 0 Å². The summed E-state index contributed by atoms with van der Waals surface area (Å²) < 4.78 is 0. The van der Waals surface area contributed by atoms with Crippen LogP contribution in [0.3, 0.4) is 0 Å². The molecule has 5 rings (SSSR count). The van der Waals surface area contributed by atoms with Crippen molar-refractivity contribution in [3.8, 4) is 0 Å². The number of rotatable bonds is 3. The third kappa shape index (κ3) is 2.80. The first-order chi connectivity index (χ1) is 15.4. The van der Waals surface area contributed by atoms with Gasteiger partial charge in [-0.1, -0.05) is 59.8 Å². The number of ketones is 1. The summed E-state index contributed by atoms with van der Waals surface area (Å²) in [4.78, 5) is 12.8. The summed E-state index contributed by atoms with van der Waals surface area (Å²) in [5.74, 6) is 3.26. The summed E-state index contributed by atoms with van der Waals surface area (Å²) in [7, 11) is 0. The van der Waals surface area contributed by atoms with Gasteiger partial charge in [0.15, 0.2) is 5.78 Å². The molecule has 4 fully saturated rings. The van der Waals surface area contributed by atoms with Crippen LogP contribution < -0.4 is 0 Å². The van der Waals surface area contributed by atoms with E-state index in [1.54, 1.807) is 0 Å². The Morgan fingerprint density at radius 1 is 0.970 bits per heavy atom. The third-order valence-electron chi connectivity index (χ3n) is 13.2. The highest BCUT2D eigenvalue weighted by atomic mass is 16.3. The maximum atomic E-state index is 12.8. The van der Waals surface area contributed by atoms with Crippen LogP contribution in [0.15, 0.2) is 24.3 Å². The summed E-state index contributed by atoms with van der Waals surface area (Å²) in [6.45, 7) is 19.3. The van der Waals surface area contributed by atoms with E-state index in [-0.39, 0.29) is 21.7 Å². The summed E-state index contributed by atoms with van der Waals surface area (Å²) in [6.07, 6.45) is 15.1. The van der Waals surface area contributed by atoms with Crippen molar-refractivity contribution in [3.05, 3.63) is 24.3 Å². The van der Waals surface area contributed by atoms with Crippen LogP contribution in [-0.2, 0) is 4.79 Å². The van der Waals surface area contributed by atoms with Gasteiger partial charge >= 0.3 is 0 Å². The maximum Gasteiger partial charge on any atom is 0.161 e. The largest absolute Gasteiger partial charge is 0.396 e. The lowest BCUT2D eigenvalue weighted by molar-refractivity contribution is -0.221. The van der Waals surface area contributed by atoms with Crippen molar-refractivity contribution in [2.24, 2.45) is 56.7 Å². The molecule has 2 nitrogen and oxygen atoms in total. The van der Waals surface area contributed by atoms with Crippen LogP contribution in [-0.4, -0.2) is 17.5 Å². The molecule has 0 aromatic carbocycles. The fourth-order valence-corrected chi connectivity index (χ4v) is 11.0. The number of aliphatic hydroxyl groups excluding tert-OH is 1. The van der Waals surface area contributed by atoms with Crippen molar-refractivity contribution in [2.75, 3.05) is 6.61 Å². The molecule has 184 valence electrons. The molecule has 0 aromatic heterocycles. The summed E-state index contributed by atoms with van der Waals surface area (Å²) in [5.41, 5.74) is 1.98. The zero-order chi connectivity index (χ0) is 24.0. The van der Waals surface area contributed by atoms with Gasteiger partial charge in [-0.05, 0) is 115 Å². The van der Waals surface area contributed by atoms with Gasteiger partial charge in [-0.25, -0.2) is 0 Å². The molecule has 0 bridgehead atoms. The quantitative estimate of drug-likeness (QED) is 0.454. The number of aliphatic hydroxyl groups is 1. The molecule has 0 heterocycles. The normalized spacial score (nSPS) is 52.5. The molecule has 0 unspecified atom stereocenters. The highest BCUT2D eigenvalue weighted by Gasteiger charge is 2.70. The molecular weight excluding hydrogens is 404 g/mol. The molecular formula is C31H48O2. The Hall–Kier alpha value is -0.890. The molecule has 33 heavy (non-hydrogen) atoms. The van der Waals surface area contributed by atoms with Crippen LogP contribution in [0.25, 0.3) is 0 Å². The fraction of sp³-hybridized carbons (Fsp3) is 0.839. The molecule has 0 aromatic rings. The first-order valence-corrected chi connectivity index (χ1v) is 13.9. The van der Waals surface area contributed by atoms with Crippen molar-refractivity contribution in [1.29, 1.82) is 0 Å². The first kappa shape index (κ1) is 23.8. The standard InChI is InChI=1S/C31H48O2/c1-8-20(2)21-11-16-31(19-32)18-17-29(6)22(26(21)31)9-10-24-28(5)14-13-25(33)27(3,4)23(28)12-15-30(24,29)7/h13-14,21-24,26,32H,2,8-12,15-19H2,1,3-7H3/t21-,22+,23-,24+,26+,28-,29+,30+,31+/m0/s1. The molecule has 4 saturated carbocycles. The van der Waals surface area contributed by atoms with Crippen LogP contribution in [0.1, 0.15) is 99.3 Å². The molecule has 0 spiro atoms. The molecule has 9 atom stereocenters. The lowest BCUT2D eigenvalue weighted by atomic mass is 9.33. The number of hydrogen-bond acceptors (Lipinski definition) is 2. The van der Waals surface area contributed by atoms with Gasteiger partial charge < -0.3 is 5.11 Å². The Bertz CT molecular complexity index is 883. The highest BCUT2D eigenvalue weighted by Crippen LogP contribution is 2.76. The molecule has 0 radical (unpaired) electrons. The highest BCUT2D eigenvalue weighted by molar-refractivity contribution is 5.95. The Labute approximate surface area is 202 Å². The average molecular weight is 453 g/mol. The minimum absolute atomic E-state index is 0.103. The second-order valence-electron chi connectivity index (χ2n) is 14.2. The predicted octanol–water partition coefficient (Wildman–Crippen LogP) is 7.37. The van der Waals surface area contributed by atoms with E-state index in [4.69, 9.17) is 0 Å². The Morgan fingerprint density at radius 2 is 1.70 bits per heavy atom. The summed E-state index contributed by atoms with van der Waals surface area (Å²) in [6, 6.07) is 0. The van der Waals surface area contributed by atoms with Crippen LogP contribution >= 0.6 is 0 Å². The van der Waals surface area contributed by atoms with Crippen LogP contribution in [0, 0.1) is 56.7 Å². The molecule has 0 saturated heterocycles. The van der Waals surface area contributed by atoms with Gasteiger partial charge in [0, 0.05) is 12.0 Å². The minimum Gasteiger partial charge on any atom is -0.396 e.